The van der Waals surface area contributed by atoms with Gasteiger partial charge in [-0.25, -0.2) is 0 Å². The van der Waals surface area contributed by atoms with Crippen LogP contribution >= 0.6 is 0 Å². The molecule has 92 valence electrons. The Morgan fingerprint density at radius 2 is 1.73 bits per heavy atom. The second kappa shape index (κ2) is 5.43. The molecule has 0 rings (SSSR count). The topological polar surface area (TPSA) is 32.7 Å². The Morgan fingerprint density at radius 1 is 1.27 bits per heavy atom. The van der Waals surface area contributed by atoms with Crippen LogP contribution in [0.4, 0.5) is 0 Å². The minimum atomic E-state index is -1.70. The zero-order chi connectivity index (χ0) is 12.3. The van der Waals surface area contributed by atoms with Crippen molar-refractivity contribution in [1.29, 1.82) is 0 Å². The minimum Gasteiger partial charge on any atom is -0.414 e. The maximum atomic E-state index is 9.70. The first-order chi connectivity index (χ1) is 6.56. The smallest absolute Gasteiger partial charge is 0.192 e. The van der Waals surface area contributed by atoms with Crippen LogP contribution in [0.3, 0.4) is 0 Å². The van der Waals surface area contributed by atoms with Gasteiger partial charge in [-0.1, -0.05) is 20.8 Å². The van der Waals surface area contributed by atoms with Crippen molar-refractivity contribution in [2.45, 2.75) is 45.0 Å². The zero-order valence-corrected chi connectivity index (χ0v) is 12.3. The van der Waals surface area contributed by atoms with Crippen molar-refractivity contribution in [1.82, 2.24) is 4.90 Å². The molecule has 0 saturated heterocycles. The average molecular weight is 233 g/mol. The molecule has 0 bridgehead atoms. The van der Waals surface area contributed by atoms with Crippen molar-refractivity contribution >= 4 is 8.32 Å². The molecule has 1 unspecified atom stereocenters. The average Bonchev–Trinajstić information content (AvgIpc) is 1.97. The Labute approximate surface area is 95.6 Å². The van der Waals surface area contributed by atoms with Crippen molar-refractivity contribution in [2.24, 2.45) is 0 Å². The van der Waals surface area contributed by atoms with E-state index in [1.807, 2.05) is 19.0 Å². The van der Waals surface area contributed by atoms with Crippen molar-refractivity contribution in [2.75, 3.05) is 27.2 Å². The molecule has 1 atom stereocenters. The molecule has 0 saturated carbocycles. The van der Waals surface area contributed by atoms with Crippen LogP contribution in [-0.4, -0.2) is 51.7 Å². The van der Waals surface area contributed by atoms with E-state index in [-0.39, 0.29) is 11.1 Å². The summed E-state index contributed by atoms with van der Waals surface area (Å²) >= 11 is 0. The summed E-state index contributed by atoms with van der Waals surface area (Å²) in [6.07, 6.45) is -0.380. The highest BCUT2D eigenvalue weighted by Gasteiger charge is 2.37. The number of aliphatic hydroxyl groups excluding tert-OH is 1. The van der Waals surface area contributed by atoms with Crippen LogP contribution in [0.1, 0.15) is 20.8 Å². The number of hydrogen-bond donors (Lipinski definition) is 1. The van der Waals surface area contributed by atoms with E-state index in [0.717, 1.165) is 0 Å². The van der Waals surface area contributed by atoms with Gasteiger partial charge in [0.25, 0.3) is 0 Å². The largest absolute Gasteiger partial charge is 0.414 e. The molecular weight excluding hydrogens is 206 g/mol. The number of rotatable bonds is 5. The number of nitrogens with zero attached hydrogens (tertiary/aromatic N) is 1. The van der Waals surface area contributed by atoms with Gasteiger partial charge in [0.1, 0.15) is 0 Å². The lowest BCUT2D eigenvalue weighted by Gasteiger charge is -2.36. The number of hydrogen-bond acceptors (Lipinski definition) is 3. The van der Waals surface area contributed by atoms with Gasteiger partial charge in [0.15, 0.2) is 8.32 Å². The van der Waals surface area contributed by atoms with Gasteiger partial charge in [-0.2, -0.15) is 0 Å². The van der Waals surface area contributed by atoms with Crippen LogP contribution in [-0.2, 0) is 4.43 Å². The van der Waals surface area contributed by atoms with Crippen LogP contribution in [0.15, 0.2) is 0 Å². The molecule has 0 spiro atoms. The van der Waals surface area contributed by atoms with Gasteiger partial charge in [-0.15, -0.1) is 0 Å². The fourth-order valence-electron chi connectivity index (χ4n) is 0.995. The van der Waals surface area contributed by atoms with Crippen molar-refractivity contribution in [3.8, 4) is 0 Å². The molecule has 15 heavy (non-hydrogen) atoms. The van der Waals surface area contributed by atoms with Crippen molar-refractivity contribution in [3.05, 3.63) is 0 Å². The summed E-state index contributed by atoms with van der Waals surface area (Å²) in [5.41, 5.74) is 0. The fraction of sp³-hybridized carbons (Fsp3) is 1.00. The SMILES string of the molecule is CN(C)CC(O)CO[Si](C)(C)C(C)(C)C. The Hall–Kier alpha value is 0.0969. The molecule has 4 heteroatoms. The monoisotopic (exact) mass is 233 g/mol. The highest BCUT2D eigenvalue weighted by atomic mass is 28.4. The van der Waals surface area contributed by atoms with Crippen LogP contribution in [0.25, 0.3) is 0 Å². The Morgan fingerprint density at radius 3 is 2.07 bits per heavy atom. The first-order valence-electron chi connectivity index (χ1n) is 5.53. The zero-order valence-electron chi connectivity index (χ0n) is 11.3. The number of aliphatic hydroxyl groups is 1. The molecule has 0 aliphatic carbocycles. The lowest BCUT2D eigenvalue weighted by atomic mass is 10.2. The van der Waals surface area contributed by atoms with Gasteiger partial charge >= 0.3 is 0 Å². The molecule has 0 radical (unpaired) electrons. The summed E-state index contributed by atoms with van der Waals surface area (Å²) < 4.78 is 5.92. The standard InChI is InChI=1S/C11H27NO2Si/c1-11(2,3)15(6,7)14-9-10(13)8-12(4)5/h10,13H,8-9H2,1-7H3. The molecule has 0 fully saturated rings. The third kappa shape index (κ3) is 5.66. The van der Waals surface area contributed by atoms with E-state index in [0.29, 0.717) is 13.2 Å². The second-order valence-electron chi connectivity index (χ2n) is 5.99. The molecule has 1 N–H and O–H groups in total. The summed E-state index contributed by atoms with van der Waals surface area (Å²) in [7, 11) is 2.21. The first-order valence-corrected chi connectivity index (χ1v) is 8.44. The molecule has 0 aliphatic heterocycles. The van der Waals surface area contributed by atoms with E-state index >= 15 is 0 Å². The van der Waals surface area contributed by atoms with Gasteiger partial charge in [0, 0.05) is 6.54 Å². The van der Waals surface area contributed by atoms with E-state index < -0.39 is 8.32 Å². The first kappa shape index (κ1) is 15.1. The van der Waals surface area contributed by atoms with Gasteiger partial charge in [0.2, 0.25) is 0 Å². The predicted octanol–water partition coefficient (Wildman–Crippen LogP) is 1.93. The van der Waals surface area contributed by atoms with E-state index in [9.17, 15) is 5.11 Å². The summed E-state index contributed by atoms with van der Waals surface area (Å²) in [5.74, 6) is 0. The van der Waals surface area contributed by atoms with Crippen molar-refractivity contribution < 1.29 is 9.53 Å². The van der Waals surface area contributed by atoms with Gasteiger partial charge in [-0.05, 0) is 32.2 Å². The molecule has 0 heterocycles. The Bertz CT molecular complexity index is 188. The van der Waals surface area contributed by atoms with E-state index in [1.165, 1.54) is 0 Å². The Balaban J connectivity index is 4.04. The molecule has 0 aromatic heterocycles. The molecule has 0 aromatic rings. The maximum absolute atomic E-state index is 9.70. The van der Waals surface area contributed by atoms with Crippen LogP contribution in [0, 0.1) is 0 Å². The van der Waals surface area contributed by atoms with Gasteiger partial charge < -0.3 is 14.4 Å². The summed E-state index contributed by atoms with van der Waals surface area (Å²) in [5, 5.41) is 9.92. The van der Waals surface area contributed by atoms with E-state index in [1.54, 1.807) is 0 Å². The van der Waals surface area contributed by atoms with E-state index in [4.69, 9.17) is 4.43 Å². The molecule has 0 aliphatic rings. The molecular formula is C11H27NO2Si. The van der Waals surface area contributed by atoms with Crippen LogP contribution in [0.2, 0.25) is 18.1 Å². The molecule has 3 nitrogen and oxygen atoms in total. The summed E-state index contributed by atoms with van der Waals surface area (Å²) in [6, 6.07) is 0. The van der Waals surface area contributed by atoms with Gasteiger partial charge in [0.05, 0.1) is 12.7 Å². The maximum Gasteiger partial charge on any atom is 0.192 e. The predicted molar refractivity (Wildman–Crippen MR) is 67.7 cm³/mol. The summed E-state index contributed by atoms with van der Waals surface area (Å²) in [4.78, 5) is 1.97. The fourth-order valence-corrected chi connectivity index (χ4v) is 2.04. The quantitative estimate of drug-likeness (QED) is 0.737. The van der Waals surface area contributed by atoms with Crippen molar-refractivity contribution in [3.63, 3.8) is 0 Å². The highest BCUT2D eigenvalue weighted by Crippen LogP contribution is 2.36. The molecule has 0 aromatic carbocycles. The minimum absolute atomic E-state index is 0.213. The number of likely N-dealkylation sites (N-methyl/N-ethyl adjacent to an activating group) is 1. The van der Waals surface area contributed by atoms with Gasteiger partial charge in [-0.3, -0.25) is 0 Å². The lowest BCUT2D eigenvalue weighted by molar-refractivity contribution is 0.0771. The Kier molecular flexibility index (Phi) is 5.47. The lowest BCUT2D eigenvalue weighted by Crippen LogP contribution is -2.43. The van der Waals surface area contributed by atoms with E-state index in [2.05, 4.69) is 33.9 Å². The second-order valence-corrected chi connectivity index (χ2v) is 10.8. The third-order valence-electron chi connectivity index (χ3n) is 3.02. The van der Waals surface area contributed by atoms with Crippen LogP contribution in [0.5, 0.6) is 0 Å². The summed E-state index contributed by atoms with van der Waals surface area (Å²) in [6.45, 7) is 12.1. The van der Waals surface area contributed by atoms with Crippen LogP contribution < -0.4 is 0 Å². The molecule has 0 amide bonds. The third-order valence-corrected chi connectivity index (χ3v) is 7.52. The highest BCUT2D eigenvalue weighted by molar-refractivity contribution is 6.74. The normalized spacial score (nSPS) is 15.8.